The lowest BCUT2D eigenvalue weighted by atomic mass is 10.2. The van der Waals surface area contributed by atoms with Crippen LogP contribution in [0.1, 0.15) is 6.42 Å². The number of rotatable bonds is 5. The molecule has 1 aromatic carbocycles. The van der Waals surface area contributed by atoms with Gasteiger partial charge in [-0.2, -0.15) is 0 Å². The number of carbonyl (C=O) groups excluding carboxylic acids is 1. The minimum Gasteiger partial charge on any atom is -0.497 e. The summed E-state index contributed by atoms with van der Waals surface area (Å²) in [5.41, 5.74) is 0.688. The van der Waals surface area contributed by atoms with Crippen molar-refractivity contribution in [3.8, 4) is 5.75 Å². The molecular formula is C14H20N2O4S. The van der Waals surface area contributed by atoms with Crippen molar-refractivity contribution in [2.45, 2.75) is 12.5 Å². The molecule has 0 bridgehead atoms. The number of ether oxygens (including phenoxy) is 1. The molecule has 1 aliphatic heterocycles. The molecule has 7 heteroatoms. The summed E-state index contributed by atoms with van der Waals surface area (Å²) in [6.07, 6.45) is 0.592. The summed E-state index contributed by atoms with van der Waals surface area (Å²) in [6, 6.07) is 6.98. The SMILES string of the molecule is COc1ccc(NC(=O)CN(C)[C@@H]2CCS(=O)(=O)C2)cc1. The largest absolute Gasteiger partial charge is 0.497 e. The number of amides is 1. The molecule has 0 aliphatic carbocycles. The summed E-state index contributed by atoms with van der Waals surface area (Å²) in [4.78, 5) is 13.8. The van der Waals surface area contributed by atoms with Gasteiger partial charge >= 0.3 is 0 Å². The molecule has 1 aliphatic rings. The van der Waals surface area contributed by atoms with Crippen LogP contribution in [0.15, 0.2) is 24.3 Å². The molecule has 1 heterocycles. The molecule has 21 heavy (non-hydrogen) atoms. The van der Waals surface area contributed by atoms with E-state index >= 15 is 0 Å². The van der Waals surface area contributed by atoms with Crippen LogP contribution in [-0.4, -0.2) is 57.5 Å². The standard InChI is InChI=1S/C14H20N2O4S/c1-16(12-7-8-21(18,19)10-12)9-14(17)15-11-3-5-13(20-2)6-4-11/h3-6,12H,7-10H2,1-2H3,(H,15,17)/t12-/m1/s1. The van der Waals surface area contributed by atoms with Crippen molar-refractivity contribution < 1.29 is 17.9 Å². The van der Waals surface area contributed by atoms with Gasteiger partial charge in [0.25, 0.3) is 0 Å². The fourth-order valence-electron chi connectivity index (χ4n) is 2.35. The second-order valence-electron chi connectivity index (χ2n) is 5.25. The summed E-state index contributed by atoms with van der Waals surface area (Å²) in [7, 11) is 0.428. The number of likely N-dealkylation sites (N-methyl/N-ethyl adjacent to an activating group) is 1. The first kappa shape index (κ1) is 15.8. The van der Waals surface area contributed by atoms with Crippen LogP contribution in [0.3, 0.4) is 0 Å². The third kappa shape index (κ3) is 4.44. The van der Waals surface area contributed by atoms with Crippen molar-refractivity contribution in [2.75, 3.05) is 37.5 Å². The number of hydrogen-bond acceptors (Lipinski definition) is 5. The molecule has 0 spiro atoms. The van der Waals surface area contributed by atoms with E-state index in [4.69, 9.17) is 4.74 Å². The van der Waals surface area contributed by atoms with Crippen LogP contribution in [0.5, 0.6) is 5.75 Å². The molecule has 2 rings (SSSR count). The summed E-state index contributed by atoms with van der Waals surface area (Å²) in [5.74, 6) is 0.912. The normalized spacial score (nSPS) is 20.4. The number of nitrogens with one attached hydrogen (secondary N) is 1. The Morgan fingerprint density at radius 1 is 1.38 bits per heavy atom. The Kier molecular flexibility index (Phi) is 4.84. The number of anilines is 1. The van der Waals surface area contributed by atoms with Gasteiger partial charge in [-0.25, -0.2) is 8.42 Å². The van der Waals surface area contributed by atoms with Gasteiger partial charge < -0.3 is 10.1 Å². The van der Waals surface area contributed by atoms with E-state index in [0.717, 1.165) is 5.75 Å². The van der Waals surface area contributed by atoms with Crippen LogP contribution >= 0.6 is 0 Å². The van der Waals surface area contributed by atoms with E-state index in [1.807, 2.05) is 0 Å². The first-order valence-corrected chi connectivity index (χ1v) is 8.56. The van der Waals surface area contributed by atoms with Crippen LogP contribution in [0, 0.1) is 0 Å². The van der Waals surface area contributed by atoms with Crippen LogP contribution < -0.4 is 10.1 Å². The molecule has 0 radical (unpaired) electrons. The molecule has 1 aromatic rings. The van der Waals surface area contributed by atoms with Crippen molar-refractivity contribution >= 4 is 21.4 Å². The quantitative estimate of drug-likeness (QED) is 0.868. The molecule has 1 amide bonds. The van der Waals surface area contributed by atoms with Gasteiger partial charge in [-0.1, -0.05) is 0 Å². The monoisotopic (exact) mass is 312 g/mol. The molecule has 1 saturated heterocycles. The molecule has 1 atom stereocenters. The van der Waals surface area contributed by atoms with Crippen molar-refractivity contribution in [1.29, 1.82) is 0 Å². The molecule has 0 unspecified atom stereocenters. The summed E-state index contributed by atoms with van der Waals surface area (Å²) in [5, 5.41) is 2.78. The van der Waals surface area contributed by atoms with E-state index in [-0.39, 0.29) is 30.0 Å². The zero-order chi connectivity index (χ0) is 15.5. The Balaban J connectivity index is 1.86. The maximum absolute atomic E-state index is 12.0. The lowest BCUT2D eigenvalue weighted by Gasteiger charge is -2.22. The van der Waals surface area contributed by atoms with Gasteiger partial charge in [0, 0.05) is 11.7 Å². The number of methoxy groups -OCH3 is 1. The number of benzene rings is 1. The summed E-state index contributed by atoms with van der Waals surface area (Å²) < 4.78 is 27.9. The number of hydrogen-bond donors (Lipinski definition) is 1. The second-order valence-corrected chi connectivity index (χ2v) is 7.48. The number of nitrogens with zero attached hydrogens (tertiary/aromatic N) is 1. The lowest BCUT2D eigenvalue weighted by molar-refractivity contribution is -0.117. The van der Waals surface area contributed by atoms with Crippen LogP contribution in [-0.2, 0) is 14.6 Å². The predicted molar refractivity (Wildman–Crippen MR) is 81.3 cm³/mol. The smallest absolute Gasteiger partial charge is 0.238 e. The highest BCUT2D eigenvalue weighted by molar-refractivity contribution is 7.91. The van der Waals surface area contributed by atoms with Gasteiger partial charge in [0.05, 0.1) is 25.2 Å². The van der Waals surface area contributed by atoms with Gasteiger partial charge in [-0.05, 0) is 37.7 Å². The van der Waals surface area contributed by atoms with Crippen molar-refractivity contribution in [3.63, 3.8) is 0 Å². The third-order valence-corrected chi connectivity index (χ3v) is 5.35. The topological polar surface area (TPSA) is 75.7 Å². The Bertz CT molecular complexity index is 598. The van der Waals surface area contributed by atoms with Crippen LogP contribution in [0.2, 0.25) is 0 Å². The van der Waals surface area contributed by atoms with E-state index in [9.17, 15) is 13.2 Å². The highest BCUT2D eigenvalue weighted by Gasteiger charge is 2.31. The first-order valence-electron chi connectivity index (χ1n) is 6.74. The molecule has 1 N–H and O–H groups in total. The second kappa shape index (κ2) is 6.44. The average Bonchev–Trinajstić information content (AvgIpc) is 2.80. The number of sulfone groups is 1. The molecule has 116 valence electrons. The Labute approximate surface area is 125 Å². The zero-order valence-electron chi connectivity index (χ0n) is 12.2. The minimum absolute atomic E-state index is 0.0726. The highest BCUT2D eigenvalue weighted by atomic mass is 32.2. The maximum atomic E-state index is 12.0. The zero-order valence-corrected chi connectivity index (χ0v) is 13.0. The van der Waals surface area contributed by atoms with Gasteiger partial charge in [-0.3, -0.25) is 9.69 Å². The van der Waals surface area contributed by atoms with E-state index in [1.54, 1.807) is 43.3 Å². The van der Waals surface area contributed by atoms with E-state index in [1.165, 1.54) is 0 Å². The van der Waals surface area contributed by atoms with Crippen LogP contribution in [0.25, 0.3) is 0 Å². The lowest BCUT2D eigenvalue weighted by Crippen LogP contribution is -2.38. The van der Waals surface area contributed by atoms with E-state index in [2.05, 4.69) is 5.32 Å². The van der Waals surface area contributed by atoms with Gasteiger partial charge in [0.1, 0.15) is 5.75 Å². The average molecular weight is 312 g/mol. The fourth-order valence-corrected chi connectivity index (χ4v) is 4.16. The third-order valence-electron chi connectivity index (χ3n) is 3.60. The van der Waals surface area contributed by atoms with Crippen LogP contribution in [0.4, 0.5) is 5.69 Å². The van der Waals surface area contributed by atoms with Gasteiger partial charge in [-0.15, -0.1) is 0 Å². The minimum atomic E-state index is -2.93. The van der Waals surface area contributed by atoms with Crippen molar-refractivity contribution in [3.05, 3.63) is 24.3 Å². The Morgan fingerprint density at radius 2 is 2.05 bits per heavy atom. The first-order chi connectivity index (χ1) is 9.89. The van der Waals surface area contributed by atoms with Gasteiger partial charge in [0.15, 0.2) is 9.84 Å². The Morgan fingerprint density at radius 3 is 2.57 bits per heavy atom. The fraction of sp³-hybridized carbons (Fsp3) is 0.500. The molecule has 0 saturated carbocycles. The van der Waals surface area contributed by atoms with Crippen molar-refractivity contribution in [2.24, 2.45) is 0 Å². The molecular weight excluding hydrogens is 292 g/mol. The summed E-state index contributed by atoms with van der Waals surface area (Å²) in [6.45, 7) is 0.173. The molecule has 6 nitrogen and oxygen atoms in total. The van der Waals surface area contributed by atoms with Crippen molar-refractivity contribution in [1.82, 2.24) is 4.90 Å². The number of carbonyl (C=O) groups is 1. The molecule has 1 fully saturated rings. The van der Waals surface area contributed by atoms with E-state index in [0.29, 0.717) is 12.1 Å². The van der Waals surface area contributed by atoms with Gasteiger partial charge in [0.2, 0.25) is 5.91 Å². The maximum Gasteiger partial charge on any atom is 0.238 e. The molecule has 0 aromatic heterocycles. The highest BCUT2D eigenvalue weighted by Crippen LogP contribution is 2.17. The van der Waals surface area contributed by atoms with E-state index < -0.39 is 9.84 Å². The Hall–Kier alpha value is -1.60. The summed E-state index contributed by atoms with van der Waals surface area (Å²) >= 11 is 0. The predicted octanol–water partition coefficient (Wildman–Crippen LogP) is 0.753.